The summed E-state index contributed by atoms with van der Waals surface area (Å²) in [5, 5.41) is 0. The highest BCUT2D eigenvalue weighted by atomic mass is 16.1. The molecule has 1 aromatic carbocycles. The molecule has 3 rings (SSSR count). The number of aldehydes is 1. The van der Waals surface area contributed by atoms with Gasteiger partial charge in [0.1, 0.15) is 6.29 Å². The standard InChI is InChI=1S/C18H25NO/c20-15-18(10-4-1-5-11-18)14-19-12-8-16-6-2-3-7-17(16)9-13-19/h2-3,6-7,15H,1,4-5,8-14H2. The number of nitrogens with zero attached hydrogens (tertiary/aromatic N) is 1. The first kappa shape index (κ1) is 13.8. The van der Waals surface area contributed by atoms with Crippen LogP contribution in [-0.2, 0) is 17.6 Å². The quantitative estimate of drug-likeness (QED) is 0.787. The lowest BCUT2D eigenvalue weighted by Gasteiger charge is -2.36. The highest BCUT2D eigenvalue weighted by Gasteiger charge is 2.33. The zero-order chi connectivity index (χ0) is 13.8. The number of carbonyl (C=O) groups is 1. The molecule has 1 aliphatic heterocycles. The first-order valence-corrected chi connectivity index (χ1v) is 8.07. The first-order valence-electron chi connectivity index (χ1n) is 8.07. The lowest BCUT2D eigenvalue weighted by atomic mass is 9.75. The van der Waals surface area contributed by atoms with Crippen molar-refractivity contribution in [3.63, 3.8) is 0 Å². The second kappa shape index (κ2) is 6.09. The molecule has 1 aliphatic carbocycles. The molecule has 0 aromatic heterocycles. The smallest absolute Gasteiger partial charge is 0.127 e. The van der Waals surface area contributed by atoms with Gasteiger partial charge in [0, 0.05) is 25.0 Å². The summed E-state index contributed by atoms with van der Waals surface area (Å²) in [7, 11) is 0. The van der Waals surface area contributed by atoms with E-state index in [1.807, 2.05) is 0 Å². The molecular weight excluding hydrogens is 246 g/mol. The molecule has 1 saturated carbocycles. The maximum Gasteiger partial charge on any atom is 0.127 e. The molecule has 0 atom stereocenters. The lowest BCUT2D eigenvalue weighted by Crippen LogP contribution is -2.41. The fourth-order valence-corrected chi connectivity index (χ4v) is 3.89. The Morgan fingerprint density at radius 3 is 2.15 bits per heavy atom. The molecule has 108 valence electrons. The number of rotatable bonds is 3. The number of hydrogen-bond donors (Lipinski definition) is 0. The van der Waals surface area contributed by atoms with Gasteiger partial charge in [-0.15, -0.1) is 0 Å². The SMILES string of the molecule is O=CC1(CN2CCc3ccccc3CC2)CCCCC1. The number of fused-ring (bicyclic) bond motifs is 1. The largest absolute Gasteiger partial charge is 0.303 e. The van der Waals surface area contributed by atoms with Crippen molar-refractivity contribution < 1.29 is 4.79 Å². The molecule has 2 aliphatic rings. The van der Waals surface area contributed by atoms with Gasteiger partial charge in [-0.05, 0) is 36.8 Å². The van der Waals surface area contributed by atoms with Crippen molar-refractivity contribution in [2.75, 3.05) is 19.6 Å². The summed E-state index contributed by atoms with van der Waals surface area (Å²) in [6.07, 6.45) is 9.49. The number of hydrogen-bond acceptors (Lipinski definition) is 2. The minimum absolute atomic E-state index is 0.0469. The second-order valence-corrected chi connectivity index (χ2v) is 6.59. The zero-order valence-electron chi connectivity index (χ0n) is 12.3. The van der Waals surface area contributed by atoms with E-state index in [2.05, 4.69) is 29.2 Å². The van der Waals surface area contributed by atoms with Crippen molar-refractivity contribution in [2.45, 2.75) is 44.9 Å². The maximum absolute atomic E-state index is 11.6. The van der Waals surface area contributed by atoms with Gasteiger partial charge in [-0.25, -0.2) is 0 Å². The molecule has 20 heavy (non-hydrogen) atoms. The van der Waals surface area contributed by atoms with Crippen LogP contribution in [-0.4, -0.2) is 30.8 Å². The van der Waals surface area contributed by atoms with Gasteiger partial charge in [0.15, 0.2) is 0 Å². The van der Waals surface area contributed by atoms with E-state index in [1.165, 1.54) is 36.7 Å². The van der Waals surface area contributed by atoms with E-state index < -0.39 is 0 Å². The third-order valence-electron chi connectivity index (χ3n) is 5.15. The Labute approximate surface area is 122 Å². The Morgan fingerprint density at radius 2 is 1.60 bits per heavy atom. The Hall–Kier alpha value is -1.15. The van der Waals surface area contributed by atoms with Crippen molar-refractivity contribution in [1.82, 2.24) is 4.90 Å². The van der Waals surface area contributed by atoms with Crippen molar-refractivity contribution >= 4 is 6.29 Å². The summed E-state index contributed by atoms with van der Waals surface area (Å²) in [6.45, 7) is 3.18. The average Bonchev–Trinajstić information content (AvgIpc) is 2.71. The van der Waals surface area contributed by atoms with Crippen LogP contribution in [0, 0.1) is 5.41 Å². The fraction of sp³-hybridized carbons (Fsp3) is 0.611. The van der Waals surface area contributed by atoms with Crippen molar-refractivity contribution in [2.24, 2.45) is 5.41 Å². The molecule has 1 heterocycles. The second-order valence-electron chi connectivity index (χ2n) is 6.59. The highest BCUT2D eigenvalue weighted by molar-refractivity contribution is 5.60. The van der Waals surface area contributed by atoms with E-state index >= 15 is 0 Å². The molecule has 1 aromatic rings. The monoisotopic (exact) mass is 271 g/mol. The van der Waals surface area contributed by atoms with Gasteiger partial charge in [-0.3, -0.25) is 0 Å². The van der Waals surface area contributed by atoms with Crippen molar-refractivity contribution in [1.29, 1.82) is 0 Å². The van der Waals surface area contributed by atoms with E-state index in [1.54, 1.807) is 0 Å². The Kier molecular flexibility index (Phi) is 4.21. The number of benzene rings is 1. The van der Waals surface area contributed by atoms with Crippen LogP contribution >= 0.6 is 0 Å². The van der Waals surface area contributed by atoms with Gasteiger partial charge in [-0.2, -0.15) is 0 Å². The molecule has 2 heteroatoms. The Balaban J connectivity index is 1.66. The summed E-state index contributed by atoms with van der Waals surface area (Å²) in [5.41, 5.74) is 2.95. The number of carbonyl (C=O) groups excluding carboxylic acids is 1. The predicted octanol–water partition coefficient (Wildman–Crippen LogP) is 3.24. The van der Waals surface area contributed by atoms with Crippen LogP contribution < -0.4 is 0 Å². The van der Waals surface area contributed by atoms with Gasteiger partial charge in [0.2, 0.25) is 0 Å². The summed E-state index contributed by atoms with van der Waals surface area (Å²) in [5.74, 6) is 0. The van der Waals surface area contributed by atoms with Gasteiger partial charge < -0.3 is 9.69 Å². The van der Waals surface area contributed by atoms with E-state index in [0.29, 0.717) is 0 Å². The normalized spacial score (nSPS) is 22.8. The molecule has 0 N–H and O–H groups in total. The van der Waals surface area contributed by atoms with Gasteiger partial charge in [0.25, 0.3) is 0 Å². The molecule has 0 amide bonds. The van der Waals surface area contributed by atoms with Gasteiger partial charge in [-0.1, -0.05) is 43.5 Å². The highest BCUT2D eigenvalue weighted by Crippen LogP contribution is 2.35. The summed E-state index contributed by atoms with van der Waals surface area (Å²) in [6, 6.07) is 8.80. The van der Waals surface area contributed by atoms with Gasteiger partial charge in [0.05, 0.1) is 0 Å². The molecule has 0 saturated heterocycles. The lowest BCUT2D eigenvalue weighted by molar-refractivity contribution is -0.119. The summed E-state index contributed by atoms with van der Waals surface area (Å²) >= 11 is 0. The Bertz CT molecular complexity index is 435. The van der Waals surface area contributed by atoms with E-state index in [0.717, 1.165) is 45.3 Å². The summed E-state index contributed by atoms with van der Waals surface area (Å²) in [4.78, 5) is 14.2. The molecule has 0 radical (unpaired) electrons. The van der Waals surface area contributed by atoms with Crippen molar-refractivity contribution in [3.05, 3.63) is 35.4 Å². The maximum atomic E-state index is 11.6. The average molecular weight is 271 g/mol. The zero-order valence-corrected chi connectivity index (χ0v) is 12.3. The van der Waals surface area contributed by atoms with E-state index in [4.69, 9.17) is 0 Å². The van der Waals surface area contributed by atoms with Crippen LogP contribution in [0.25, 0.3) is 0 Å². The minimum Gasteiger partial charge on any atom is -0.303 e. The predicted molar refractivity (Wildman–Crippen MR) is 81.9 cm³/mol. The first-order chi connectivity index (χ1) is 9.81. The third kappa shape index (κ3) is 2.95. The molecule has 0 bridgehead atoms. The van der Waals surface area contributed by atoms with E-state index in [9.17, 15) is 4.79 Å². The molecule has 0 spiro atoms. The summed E-state index contributed by atoms with van der Waals surface area (Å²) < 4.78 is 0. The fourth-order valence-electron chi connectivity index (χ4n) is 3.89. The van der Waals surface area contributed by atoms with Crippen LogP contribution in [0.3, 0.4) is 0 Å². The molecule has 2 nitrogen and oxygen atoms in total. The van der Waals surface area contributed by atoms with Crippen LogP contribution in [0.2, 0.25) is 0 Å². The van der Waals surface area contributed by atoms with Gasteiger partial charge >= 0.3 is 0 Å². The van der Waals surface area contributed by atoms with Crippen LogP contribution in [0.1, 0.15) is 43.2 Å². The van der Waals surface area contributed by atoms with Crippen LogP contribution in [0.5, 0.6) is 0 Å². The topological polar surface area (TPSA) is 20.3 Å². The minimum atomic E-state index is -0.0469. The molecule has 0 unspecified atom stereocenters. The van der Waals surface area contributed by atoms with Crippen LogP contribution in [0.4, 0.5) is 0 Å². The molecule has 1 fully saturated rings. The molecular formula is C18H25NO. The van der Waals surface area contributed by atoms with Crippen LogP contribution in [0.15, 0.2) is 24.3 Å². The Morgan fingerprint density at radius 1 is 1.00 bits per heavy atom. The van der Waals surface area contributed by atoms with E-state index in [-0.39, 0.29) is 5.41 Å². The van der Waals surface area contributed by atoms with Crippen molar-refractivity contribution in [3.8, 4) is 0 Å². The third-order valence-corrected chi connectivity index (χ3v) is 5.15.